The average molecular weight is 301 g/mol. The van der Waals surface area contributed by atoms with Gasteiger partial charge in [0.05, 0.1) is 6.26 Å². The lowest BCUT2D eigenvalue weighted by atomic mass is 10.3. The first kappa shape index (κ1) is 14.1. The molecule has 0 spiro atoms. The van der Waals surface area contributed by atoms with Gasteiger partial charge in [-0.1, -0.05) is 0 Å². The Morgan fingerprint density at radius 2 is 1.41 bits per heavy atom. The predicted molar refractivity (Wildman–Crippen MR) is 62.2 cm³/mol. The molecule has 0 aliphatic heterocycles. The van der Waals surface area contributed by atoms with Crippen molar-refractivity contribution >= 4 is 31.8 Å². The third-order valence-electron chi connectivity index (χ3n) is 1.43. The van der Waals surface area contributed by atoms with Crippen LogP contribution in [-0.2, 0) is 20.2 Å². The smallest absolute Gasteiger partial charge is 0.323 e. The summed E-state index contributed by atoms with van der Waals surface area (Å²) in [6.45, 7) is 0. The van der Waals surface area contributed by atoms with E-state index in [1.165, 1.54) is 24.3 Å². The number of rotatable bonds is 5. The first-order valence-corrected chi connectivity index (χ1v) is 8.12. The molecule has 17 heavy (non-hydrogen) atoms. The van der Waals surface area contributed by atoms with E-state index in [-0.39, 0.29) is 11.5 Å². The second kappa shape index (κ2) is 5.11. The third-order valence-corrected chi connectivity index (χ3v) is 3.44. The van der Waals surface area contributed by atoms with E-state index in [9.17, 15) is 16.8 Å². The molecule has 0 radical (unpaired) electrons. The molecule has 0 aromatic heterocycles. The molecule has 96 valence electrons. The number of hydrogen-bond acceptors (Lipinski definition) is 6. The summed E-state index contributed by atoms with van der Waals surface area (Å²) in [6.07, 6.45) is 0.898. The van der Waals surface area contributed by atoms with E-state index < -0.39 is 25.4 Å². The SMILES string of the molecule is CS(=O)(=O)Oc1ccc(OS(=O)(=O)CCl)cc1. The molecule has 0 bridgehead atoms. The molecule has 1 aromatic carbocycles. The fourth-order valence-electron chi connectivity index (χ4n) is 0.894. The second-order valence-electron chi connectivity index (χ2n) is 3.01. The van der Waals surface area contributed by atoms with Crippen molar-refractivity contribution < 1.29 is 25.2 Å². The summed E-state index contributed by atoms with van der Waals surface area (Å²) in [4.78, 5) is 0. The summed E-state index contributed by atoms with van der Waals surface area (Å²) in [5.74, 6) is 0.0784. The van der Waals surface area contributed by atoms with E-state index in [4.69, 9.17) is 11.6 Å². The van der Waals surface area contributed by atoms with Crippen LogP contribution in [0.3, 0.4) is 0 Å². The molecule has 0 aliphatic carbocycles. The molecule has 0 aliphatic rings. The highest BCUT2D eigenvalue weighted by atomic mass is 35.5. The van der Waals surface area contributed by atoms with Gasteiger partial charge in [-0.3, -0.25) is 0 Å². The Balaban J connectivity index is 2.82. The fourth-order valence-corrected chi connectivity index (χ4v) is 1.94. The zero-order chi connectivity index (χ0) is 13.1. The lowest BCUT2D eigenvalue weighted by Gasteiger charge is -2.05. The molecule has 0 fully saturated rings. The Labute approximate surface area is 104 Å². The summed E-state index contributed by atoms with van der Waals surface area (Å²) in [7, 11) is -7.42. The summed E-state index contributed by atoms with van der Waals surface area (Å²) >= 11 is 5.14. The van der Waals surface area contributed by atoms with Crippen LogP contribution in [0.15, 0.2) is 24.3 Å². The molecule has 9 heteroatoms. The van der Waals surface area contributed by atoms with Crippen molar-refractivity contribution in [3.05, 3.63) is 24.3 Å². The van der Waals surface area contributed by atoms with Crippen molar-refractivity contribution in [2.45, 2.75) is 0 Å². The van der Waals surface area contributed by atoms with E-state index in [0.717, 1.165) is 6.26 Å². The molecule has 0 heterocycles. The van der Waals surface area contributed by atoms with Gasteiger partial charge in [0.2, 0.25) is 0 Å². The second-order valence-corrected chi connectivity index (χ2v) is 6.74. The average Bonchev–Trinajstić information content (AvgIpc) is 2.19. The summed E-state index contributed by atoms with van der Waals surface area (Å²) in [6, 6.07) is 5.04. The van der Waals surface area contributed by atoms with Gasteiger partial charge in [0, 0.05) is 0 Å². The Kier molecular flexibility index (Phi) is 4.23. The number of hydrogen-bond donors (Lipinski definition) is 0. The predicted octanol–water partition coefficient (Wildman–Crippen LogP) is 0.930. The minimum Gasteiger partial charge on any atom is -0.383 e. The Hall–Kier alpha value is -0.990. The zero-order valence-electron chi connectivity index (χ0n) is 8.66. The molecular formula is C8H9ClO6S2. The van der Waals surface area contributed by atoms with Crippen LogP contribution in [0.5, 0.6) is 11.5 Å². The summed E-state index contributed by atoms with van der Waals surface area (Å²) in [5, 5.41) is -0.672. The lowest BCUT2D eigenvalue weighted by molar-refractivity contribution is 0.483. The van der Waals surface area contributed by atoms with Crippen LogP contribution in [0.25, 0.3) is 0 Å². The summed E-state index contributed by atoms with van der Waals surface area (Å²) < 4.78 is 52.7. The Morgan fingerprint density at radius 1 is 1.00 bits per heavy atom. The first-order chi connectivity index (χ1) is 7.72. The van der Waals surface area contributed by atoms with Crippen LogP contribution >= 0.6 is 11.6 Å². The highest BCUT2D eigenvalue weighted by Crippen LogP contribution is 2.20. The maximum atomic E-state index is 11.0. The molecule has 0 saturated carbocycles. The lowest BCUT2D eigenvalue weighted by Crippen LogP contribution is -2.10. The molecule has 1 rings (SSSR count). The maximum Gasteiger partial charge on any atom is 0.323 e. The van der Waals surface area contributed by atoms with Crippen molar-refractivity contribution in [2.24, 2.45) is 0 Å². The van der Waals surface area contributed by atoms with Gasteiger partial charge in [-0.25, -0.2) is 0 Å². The molecule has 0 N–H and O–H groups in total. The van der Waals surface area contributed by atoms with Gasteiger partial charge < -0.3 is 8.37 Å². The van der Waals surface area contributed by atoms with Gasteiger partial charge in [0.15, 0.2) is 5.21 Å². The van der Waals surface area contributed by atoms with Gasteiger partial charge >= 0.3 is 20.2 Å². The molecule has 6 nitrogen and oxygen atoms in total. The van der Waals surface area contributed by atoms with Crippen molar-refractivity contribution in [1.82, 2.24) is 0 Å². The standard InChI is InChI=1S/C8H9ClO6S2/c1-16(10,11)14-7-2-4-8(5-3-7)15-17(12,13)6-9/h2-5H,6H2,1H3. The van der Waals surface area contributed by atoms with Gasteiger partial charge in [-0.05, 0) is 24.3 Å². The number of benzene rings is 1. The van der Waals surface area contributed by atoms with Gasteiger partial charge in [0.1, 0.15) is 11.5 Å². The quantitative estimate of drug-likeness (QED) is 0.594. The molecule has 0 atom stereocenters. The number of halogens is 1. The van der Waals surface area contributed by atoms with Crippen LogP contribution < -0.4 is 8.37 Å². The van der Waals surface area contributed by atoms with Crippen LogP contribution in [-0.4, -0.2) is 28.3 Å². The Bertz CT molecular complexity index is 575. The van der Waals surface area contributed by atoms with E-state index in [1.807, 2.05) is 0 Å². The maximum absolute atomic E-state index is 11.0. The van der Waals surface area contributed by atoms with Crippen LogP contribution in [0.2, 0.25) is 0 Å². The molecule has 1 aromatic rings. The minimum absolute atomic E-state index is 0.0199. The van der Waals surface area contributed by atoms with Gasteiger partial charge in [-0.15, -0.1) is 11.6 Å². The topological polar surface area (TPSA) is 86.7 Å². The largest absolute Gasteiger partial charge is 0.383 e. The van der Waals surface area contributed by atoms with Crippen molar-refractivity contribution in [3.63, 3.8) is 0 Å². The first-order valence-electron chi connectivity index (χ1n) is 4.19. The monoisotopic (exact) mass is 300 g/mol. The number of alkyl halides is 1. The van der Waals surface area contributed by atoms with Crippen LogP contribution in [0.1, 0.15) is 0 Å². The Morgan fingerprint density at radius 3 is 1.76 bits per heavy atom. The van der Waals surface area contributed by atoms with E-state index >= 15 is 0 Å². The molecule has 0 unspecified atom stereocenters. The van der Waals surface area contributed by atoms with Crippen molar-refractivity contribution in [1.29, 1.82) is 0 Å². The van der Waals surface area contributed by atoms with Crippen LogP contribution in [0, 0.1) is 0 Å². The normalized spacial score (nSPS) is 12.1. The van der Waals surface area contributed by atoms with Crippen LogP contribution in [0.4, 0.5) is 0 Å². The molecule has 0 amide bonds. The van der Waals surface area contributed by atoms with E-state index in [2.05, 4.69) is 8.37 Å². The molecule has 0 saturated heterocycles. The summed E-state index contributed by atoms with van der Waals surface area (Å²) in [5.41, 5.74) is 0. The van der Waals surface area contributed by atoms with Gasteiger partial charge in [-0.2, -0.15) is 16.8 Å². The molecular weight excluding hydrogens is 292 g/mol. The van der Waals surface area contributed by atoms with Crippen molar-refractivity contribution in [3.8, 4) is 11.5 Å². The van der Waals surface area contributed by atoms with Gasteiger partial charge in [0.25, 0.3) is 0 Å². The highest BCUT2D eigenvalue weighted by molar-refractivity contribution is 7.88. The minimum atomic E-state index is -3.81. The zero-order valence-corrected chi connectivity index (χ0v) is 11.0. The van der Waals surface area contributed by atoms with E-state index in [0.29, 0.717) is 0 Å². The van der Waals surface area contributed by atoms with Crippen molar-refractivity contribution in [2.75, 3.05) is 11.5 Å². The van der Waals surface area contributed by atoms with E-state index in [1.54, 1.807) is 0 Å². The fraction of sp³-hybridized carbons (Fsp3) is 0.250. The third kappa shape index (κ3) is 5.24. The highest BCUT2D eigenvalue weighted by Gasteiger charge is 2.11.